The molecule has 5 nitrogen and oxygen atoms in total. The van der Waals surface area contributed by atoms with E-state index in [2.05, 4.69) is 70.5 Å². The summed E-state index contributed by atoms with van der Waals surface area (Å²) in [5.41, 5.74) is 3.20. The zero-order chi connectivity index (χ0) is 28.5. The molecule has 5 heteroatoms. The summed E-state index contributed by atoms with van der Waals surface area (Å²) in [6, 6.07) is 37.5. The molecule has 5 rings (SSSR count). The van der Waals surface area contributed by atoms with Crippen LogP contribution in [0.4, 0.5) is 0 Å². The third-order valence-corrected chi connectivity index (χ3v) is 8.29. The lowest BCUT2D eigenvalue weighted by atomic mass is 9.83. The molecule has 0 radical (unpaired) electrons. The molecule has 0 saturated carbocycles. The Bertz CT molecular complexity index is 1300. The van der Waals surface area contributed by atoms with Crippen LogP contribution in [0.3, 0.4) is 0 Å². The van der Waals surface area contributed by atoms with Crippen LogP contribution >= 0.6 is 0 Å². The van der Waals surface area contributed by atoms with Gasteiger partial charge in [-0.3, -0.25) is 4.90 Å². The number of para-hydroxylation sites is 1. The molecule has 0 spiro atoms. The molecule has 1 N–H and O–H groups in total. The third kappa shape index (κ3) is 6.82. The number of piperazine rings is 1. The fraction of sp³-hybridized carbons (Fsp3) is 0.333. The van der Waals surface area contributed by atoms with Crippen LogP contribution in [0.2, 0.25) is 0 Å². The first-order valence-electron chi connectivity index (χ1n) is 14.8. The van der Waals surface area contributed by atoms with Gasteiger partial charge in [0.15, 0.2) is 0 Å². The molecule has 0 aliphatic carbocycles. The molecular weight excluding hydrogens is 508 g/mol. The molecule has 1 saturated heterocycles. The van der Waals surface area contributed by atoms with E-state index in [1.807, 2.05) is 55.5 Å². The van der Waals surface area contributed by atoms with Gasteiger partial charge in [0.2, 0.25) is 0 Å². The predicted octanol–water partition coefficient (Wildman–Crippen LogP) is 6.52. The van der Waals surface area contributed by atoms with Crippen LogP contribution in [0.15, 0.2) is 109 Å². The molecule has 0 aromatic heterocycles. The molecule has 1 aliphatic rings. The Balaban J connectivity index is 1.11. The van der Waals surface area contributed by atoms with Gasteiger partial charge in [0, 0.05) is 38.3 Å². The van der Waals surface area contributed by atoms with E-state index in [4.69, 9.17) is 9.47 Å². The largest absolute Gasteiger partial charge is 0.496 e. The highest BCUT2D eigenvalue weighted by molar-refractivity contribution is 5.45. The number of rotatable bonds is 12. The number of aliphatic hydroxyl groups is 1. The second kappa shape index (κ2) is 13.8. The highest BCUT2D eigenvalue weighted by atomic mass is 16.5. The molecule has 41 heavy (non-hydrogen) atoms. The smallest absolute Gasteiger partial charge is 0.125 e. The molecule has 0 bridgehead atoms. The van der Waals surface area contributed by atoms with Crippen molar-refractivity contribution in [2.45, 2.75) is 31.4 Å². The molecule has 1 fully saturated rings. The maximum Gasteiger partial charge on any atom is 0.125 e. The van der Waals surface area contributed by atoms with Crippen molar-refractivity contribution in [3.8, 4) is 11.5 Å². The predicted molar refractivity (Wildman–Crippen MR) is 166 cm³/mol. The van der Waals surface area contributed by atoms with E-state index in [1.54, 1.807) is 7.11 Å². The van der Waals surface area contributed by atoms with E-state index in [9.17, 15) is 5.11 Å². The van der Waals surface area contributed by atoms with Gasteiger partial charge >= 0.3 is 0 Å². The van der Waals surface area contributed by atoms with Crippen molar-refractivity contribution in [2.24, 2.45) is 0 Å². The monoisotopic (exact) mass is 550 g/mol. The van der Waals surface area contributed by atoms with Crippen LogP contribution < -0.4 is 9.47 Å². The maximum atomic E-state index is 11.6. The molecule has 1 atom stereocenters. The van der Waals surface area contributed by atoms with Crippen molar-refractivity contribution >= 4 is 0 Å². The van der Waals surface area contributed by atoms with Crippen LogP contribution in [-0.2, 0) is 5.60 Å². The normalized spacial score (nSPS) is 15.9. The van der Waals surface area contributed by atoms with E-state index in [-0.39, 0.29) is 0 Å². The summed E-state index contributed by atoms with van der Waals surface area (Å²) in [6.45, 7) is 7.89. The maximum absolute atomic E-state index is 11.6. The molecule has 0 amide bonds. The molecule has 4 aromatic rings. The Kier molecular flexibility index (Phi) is 9.73. The van der Waals surface area contributed by atoms with Crippen molar-refractivity contribution in [1.82, 2.24) is 9.80 Å². The van der Waals surface area contributed by atoms with Gasteiger partial charge in [-0.2, -0.15) is 0 Å². The number of hydrogen-bond donors (Lipinski definition) is 1. The molecule has 214 valence electrons. The Morgan fingerprint density at radius 3 is 1.93 bits per heavy atom. The van der Waals surface area contributed by atoms with E-state index in [0.29, 0.717) is 24.8 Å². The van der Waals surface area contributed by atoms with Crippen LogP contribution in [-0.4, -0.2) is 61.3 Å². The number of hydrogen-bond acceptors (Lipinski definition) is 5. The van der Waals surface area contributed by atoms with E-state index in [0.717, 1.165) is 56.0 Å². The van der Waals surface area contributed by atoms with Crippen molar-refractivity contribution in [3.63, 3.8) is 0 Å². The quantitative estimate of drug-likeness (QED) is 0.204. The van der Waals surface area contributed by atoms with Crippen LogP contribution in [0, 0.1) is 0 Å². The second-order valence-electron chi connectivity index (χ2n) is 10.7. The van der Waals surface area contributed by atoms with E-state index < -0.39 is 5.60 Å². The second-order valence-corrected chi connectivity index (χ2v) is 10.7. The van der Waals surface area contributed by atoms with Crippen molar-refractivity contribution in [2.75, 3.05) is 46.4 Å². The zero-order valence-corrected chi connectivity index (χ0v) is 24.3. The van der Waals surface area contributed by atoms with Gasteiger partial charge in [0.1, 0.15) is 17.1 Å². The van der Waals surface area contributed by atoms with Crippen LogP contribution in [0.25, 0.3) is 0 Å². The van der Waals surface area contributed by atoms with Gasteiger partial charge in [-0.25, -0.2) is 0 Å². The van der Waals surface area contributed by atoms with Gasteiger partial charge in [-0.05, 0) is 47.7 Å². The number of ether oxygens (including phenoxy) is 2. The summed E-state index contributed by atoms with van der Waals surface area (Å²) in [5.74, 6) is 1.51. The van der Waals surface area contributed by atoms with Gasteiger partial charge in [-0.15, -0.1) is 0 Å². The van der Waals surface area contributed by atoms with Crippen molar-refractivity contribution in [1.29, 1.82) is 0 Å². The van der Waals surface area contributed by atoms with Crippen molar-refractivity contribution < 1.29 is 14.6 Å². The fourth-order valence-electron chi connectivity index (χ4n) is 5.97. The lowest BCUT2D eigenvalue weighted by Crippen LogP contribution is -2.48. The average molecular weight is 551 g/mol. The summed E-state index contributed by atoms with van der Waals surface area (Å²) < 4.78 is 11.6. The van der Waals surface area contributed by atoms with E-state index >= 15 is 0 Å². The lowest BCUT2D eigenvalue weighted by molar-refractivity contribution is 0.0736. The summed E-state index contributed by atoms with van der Waals surface area (Å²) in [6.07, 6.45) is 1.51. The highest BCUT2D eigenvalue weighted by Gasteiger charge is 2.32. The summed E-state index contributed by atoms with van der Waals surface area (Å²) in [4.78, 5) is 5.16. The summed E-state index contributed by atoms with van der Waals surface area (Å²) in [5, 5.41) is 11.6. The molecule has 1 unspecified atom stereocenters. The minimum Gasteiger partial charge on any atom is -0.496 e. The average Bonchev–Trinajstić information content (AvgIpc) is 3.05. The zero-order valence-electron chi connectivity index (χ0n) is 24.3. The van der Waals surface area contributed by atoms with Gasteiger partial charge < -0.3 is 19.5 Å². The van der Waals surface area contributed by atoms with Gasteiger partial charge in [-0.1, -0.05) is 97.9 Å². The van der Waals surface area contributed by atoms with E-state index in [1.165, 1.54) is 11.1 Å². The molecule has 1 aliphatic heterocycles. The summed E-state index contributed by atoms with van der Waals surface area (Å²) >= 11 is 0. The van der Waals surface area contributed by atoms with Crippen LogP contribution in [0.1, 0.15) is 48.1 Å². The Morgan fingerprint density at radius 2 is 1.34 bits per heavy atom. The first kappa shape index (κ1) is 28.9. The topological polar surface area (TPSA) is 45.2 Å². The molecular formula is C36H42N2O3. The number of methoxy groups -OCH3 is 1. The van der Waals surface area contributed by atoms with Crippen LogP contribution in [0.5, 0.6) is 11.5 Å². The third-order valence-electron chi connectivity index (χ3n) is 8.29. The summed E-state index contributed by atoms with van der Waals surface area (Å²) in [7, 11) is 1.64. The minimum atomic E-state index is -1.12. The fourth-order valence-corrected chi connectivity index (χ4v) is 5.97. The minimum absolute atomic E-state index is 0.291. The lowest BCUT2D eigenvalue weighted by Gasteiger charge is -2.39. The Labute approximate surface area is 245 Å². The van der Waals surface area contributed by atoms with Crippen molar-refractivity contribution in [3.05, 3.63) is 131 Å². The molecule has 4 aromatic carbocycles. The van der Waals surface area contributed by atoms with Gasteiger partial charge in [0.25, 0.3) is 0 Å². The molecule has 1 heterocycles. The Hall–Kier alpha value is -3.64. The highest BCUT2D eigenvalue weighted by Crippen LogP contribution is 2.38. The first-order valence-corrected chi connectivity index (χ1v) is 14.8. The van der Waals surface area contributed by atoms with Gasteiger partial charge in [0.05, 0.1) is 19.8 Å². The number of nitrogens with zero attached hydrogens (tertiary/aromatic N) is 2. The SMILES string of the molecule is CCC(O)(c1ccc(OCCCN2CCN(C(c3ccccc3)c3ccccc3)CC2)cc1)c1ccccc1OC. The standard InChI is InChI=1S/C36H42N2O3/c1-3-36(39,33-17-10-11-18-34(33)40-2)31-19-21-32(22-20-31)41-28-12-23-37-24-26-38(27-25-37)35(29-13-6-4-7-14-29)30-15-8-5-9-16-30/h4-11,13-22,35,39H,3,12,23-28H2,1-2H3. The first-order chi connectivity index (χ1) is 20.1. The number of benzene rings is 4. The Morgan fingerprint density at radius 1 is 0.756 bits per heavy atom.